The molecule has 0 aliphatic carbocycles. The fourth-order valence-electron chi connectivity index (χ4n) is 1.85. The maximum absolute atomic E-state index is 11.7. The van der Waals surface area contributed by atoms with Gasteiger partial charge in [-0.1, -0.05) is 0 Å². The lowest BCUT2D eigenvalue weighted by molar-refractivity contribution is 0.402. The fraction of sp³-hybridized carbons (Fsp3) is 0.818. The zero-order chi connectivity index (χ0) is 11.9. The summed E-state index contributed by atoms with van der Waals surface area (Å²) < 4.78 is 25.9. The number of terminal acetylenes is 1. The van der Waals surface area contributed by atoms with Crippen LogP contribution in [0.3, 0.4) is 0 Å². The third-order valence-corrected chi connectivity index (χ3v) is 4.23. The summed E-state index contributed by atoms with van der Waals surface area (Å²) >= 11 is 0. The van der Waals surface area contributed by atoms with Crippen LogP contribution >= 0.6 is 0 Å². The van der Waals surface area contributed by atoms with Gasteiger partial charge in [-0.25, -0.2) is 13.1 Å². The van der Waals surface area contributed by atoms with Crippen LogP contribution < -0.4 is 10.0 Å². The molecule has 1 saturated heterocycles. The molecule has 2 N–H and O–H groups in total. The molecule has 0 aromatic heterocycles. The van der Waals surface area contributed by atoms with Crippen LogP contribution in [0.5, 0.6) is 0 Å². The molecule has 5 heteroatoms. The number of hydrogen-bond donors (Lipinski definition) is 2. The lowest BCUT2D eigenvalue weighted by Crippen LogP contribution is -2.37. The number of piperidine rings is 1. The van der Waals surface area contributed by atoms with E-state index < -0.39 is 10.0 Å². The Bertz CT molecular complexity index is 326. The Morgan fingerprint density at radius 2 is 2.31 bits per heavy atom. The molecule has 0 amide bonds. The van der Waals surface area contributed by atoms with Crippen LogP contribution in [0.15, 0.2) is 0 Å². The van der Waals surface area contributed by atoms with Gasteiger partial charge in [-0.3, -0.25) is 0 Å². The smallest absolute Gasteiger partial charge is 0.211 e. The van der Waals surface area contributed by atoms with Crippen molar-refractivity contribution in [1.29, 1.82) is 0 Å². The lowest BCUT2D eigenvalue weighted by Gasteiger charge is -2.22. The highest BCUT2D eigenvalue weighted by Gasteiger charge is 2.20. The first-order valence-electron chi connectivity index (χ1n) is 5.75. The molecule has 0 saturated carbocycles. The quantitative estimate of drug-likeness (QED) is 0.522. The van der Waals surface area contributed by atoms with E-state index in [0.717, 1.165) is 25.9 Å². The predicted molar refractivity (Wildman–Crippen MR) is 65.5 cm³/mol. The van der Waals surface area contributed by atoms with Crippen molar-refractivity contribution in [3.8, 4) is 12.3 Å². The first kappa shape index (κ1) is 13.5. The highest BCUT2D eigenvalue weighted by Crippen LogP contribution is 2.11. The Labute approximate surface area is 98.2 Å². The van der Waals surface area contributed by atoms with Crippen molar-refractivity contribution in [2.75, 3.05) is 25.4 Å². The Balaban J connectivity index is 2.25. The molecule has 0 aromatic rings. The van der Waals surface area contributed by atoms with Crippen LogP contribution in [-0.2, 0) is 10.0 Å². The van der Waals surface area contributed by atoms with Gasteiger partial charge in [-0.15, -0.1) is 12.3 Å². The van der Waals surface area contributed by atoms with Gasteiger partial charge in [0.1, 0.15) is 0 Å². The van der Waals surface area contributed by atoms with Crippen LogP contribution in [0.25, 0.3) is 0 Å². The first-order chi connectivity index (χ1) is 7.64. The van der Waals surface area contributed by atoms with Crippen LogP contribution in [0.2, 0.25) is 0 Å². The molecule has 4 nitrogen and oxygen atoms in total. The monoisotopic (exact) mass is 244 g/mol. The van der Waals surface area contributed by atoms with E-state index in [2.05, 4.69) is 16.0 Å². The van der Waals surface area contributed by atoms with Crippen molar-refractivity contribution in [1.82, 2.24) is 10.0 Å². The zero-order valence-electron chi connectivity index (χ0n) is 9.54. The standard InChI is InChI=1S/C11H20N2O2S/c1-2-3-4-8-13-16(14,15)10-11-6-5-7-12-9-11/h1,11-13H,3-10H2. The van der Waals surface area contributed by atoms with Gasteiger partial charge in [0.2, 0.25) is 10.0 Å². The van der Waals surface area contributed by atoms with E-state index in [-0.39, 0.29) is 11.7 Å². The van der Waals surface area contributed by atoms with E-state index in [1.165, 1.54) is 0 Å². The van der Waals surface area contributed by atoms with Gasteiger partial charge in [0.05, 0.1) is 5.75 Å². The summed E-state index contributed by atoms with van der Waals surface area (Å²) in [5.74, 6) is 2.97. The minimum atomic E-state index is -3.12. The number of rotatable bonds is 6. The van der Waals surface area contributed by atoms with Gasteiger partial charge in [0.15, 0.2) is 0 Å². The molecule has 0 spiro atoms. The molecule has 1 aliphatic heterocycles. The minimum absolute atomic E-state index is 0.232. The third kappa shape index (κ3) is 5.50. The predicted octanol–water partition coefficient (Wildman–Crippen LogP) is 0.319. The van der Waals surface area contributed by atoms with Crippen molar-refractivity contribution in [3.05, 3.63) is 0 Å². The van der Waals surface area contributed by atoms with E-state index >= 15 is 0 Å². The second kappa shape index (κ2) is 6.89. The second-order valence-corrected chi connectivity index (χ2v) is 6.05. The van der Waals surface area contributed by atoms with Crippen molar-refractivity contribution in [3.63, 3.8) is 0 Å². The van der Waals surface area contributed by atoms with Gasteiger partial charge in [-0.2, -0.15) is 0 Å². The van der Waals surface area contributed by atoms with E-state index in [1.54, 1.807) is 0 Å². The Morgan fingerprint density at radius 3 is 2.94 bits per heavy atom. The highest BCUT2D eigenvalue weighted by molar-refractivity contribution is 7.89. The largest absolute Gasteiger partial charge is 0.316 e. The molecule has 1 fully saturated rings. The van der Waals surface area contributed by atoms with E-state index in [4.69, 9.17) is 6.42 Å². The molecular weight excluding hydrogens is 224 g/mol. The molecule has 0 radical (unpaired) electrons. The van der Waals surface area contributed by atoms with E-state index in [1.807, 2.05) is 0 Å². The van der Waals surface area contributed by atoms with Crippen molar-refractivity contribution in [2.24, 2.45) is 5.92 Å². The van der Waals surface area contributed by atoms with Crippen LogP contribution in [0.4, 0.5) is 0 Å². The maximum Gasteiger partial charge on any atom is 0.211 e. The number of sulfonamides is 1. The Hall–Kier alpha value is -0.570. The topological polar surface area (TPSA) is 58.2 Å². The minimum Gasteiger partial charge on any atom is -0.316 e. The number of unbranched alkanes of at least 4 members (excludes halogenated alkanes) is 1. The van der Waals surface area contributed by atoms with Gasteiger partial charge in [-0.05, 0) is 38.3 Å². The van der Waals surface area contributed by atoms with E-state index in [9.17, 15) is 8.42 Å². The molecule has 1 aliphatic rings. The second-order valence-electron chi connectivity index (χ2n) is 4.20. The molecule has 0 aromatic carbocycles. The molecule has 1 atom stereocenters. The van der Waals surface area contributed by atoms with Gasteiger partial charge in [0.25, 0.3) is 0 Å². The maximum atomic E-state index is 11.7. The third-order valence-electron chi connectivity index (χ3n) is 2.67. The number of hydrogen-bond acceptors (Lipinski definition) is 3. The summed E-state index contributed by atoms with van der Waals surface area (Å²) in [5.41, 5.74) is 0. The van der Waals surface area contributed by atoms with Crippen molar-refractivity contribution >= 4 is 10.0 Å². The average Bonchev–Trinajstić information content (AvgIpc) is 2.25. The summed E-state index contributed by atoms with van der Waals surface area (Å²) in [4.78, 5) is 0. The van der Waals surface area contributed by atoms with Crippen LogP contribution in [0, 0.1) is 18.3 Å². The lowest BCUT2D eigenvalue weighted by atomic mass is 10.0. The van der Waals surface area contributed by atoms with Gasteiger partial charge < -0.3 is 5.32 Å². The Kier molecular flexibility index (Phi) is 5.81. The van der Waals surface area contributed by atoms with E-state index in [0.29, 0.717) is 19.4 Å². The average molecular weight is 244 g/mol. The first-order valence-corrected chi connectivity index (χ1v) is 7.41. The molecule has 1 heterocycles. The van der Waals surface area contributed by atoms with Crippen LogP contribution in [0.1, 0.15) is 25.7 Å². The summed E-state index contributed by atoms with van der Waals surface area (Å²) in [5, 5.41) is 3.22. The summed E-state index contributed by atoms with van der Waals surface area (Å²) in [6.07, 6.45) is 8.48. The van der Waals surface area contributed by atoms with Crippen LogP contribution in [-0.4, -0.2) is 33.8 Å². The molecule has 1 rings (SSSR count). The fourth-order valence-corrected chi connectivity index (χ4v) is 3.33. The Morgan fingerprint density at radius 1 is 1.50 bits per heavy atom. The molecule has 16 heavy (non-hydrogen) atoms. The zero-order valence-corrected chi connectivity index (χ0v) is 10.4. The van der Waals surface area contributed by atoms with Crippen molar-refractivity contribution in [2.45, 2.75) is 25.7 Å². The molecule has 0 bridgehead atoms. The highest BCUT2D eigenvalue weighted by atomic mass is 32.2. The van der Waals surface area contributed by atoms with Crippen molar-refractivity contribution < 1.29 is 8.42 Å². The summed E-state index contributed by atoms with van der Waals surface area (Å²) in [6.45, 7) is 2.27. The molecule has 1 unspecified atom stereocenters. The van der Waals surface area contributed by atoms with Gasteiger partial charge in [0, 0.05) is 13.0 Å². The summed E-state index contributed by atoms with van der Waals surface area (Å²) in [7, 11) is -3.12. The molecule has 92 valence electrons. The number of nitrogens with one attached hydrogen (secondary N) is 2. The molecular formula is C11H20N2O2S. The van der Waals surface area contributed by atoms with Gasteiger partial charge >= 0.3 is 0 Å². The SMILES string of the molecule is C#CCCCNS(=O)(=O)CC1CCCNC1. The summed E-state index contributed by atoms with van der Waals surface area (Å²) in [6, 6.07) is 0. The normalized spacial score (nSPS) is 21.6.